The second kappa shape index (κ2) is 11.1. The normalized spacial score (nSPS) is 16.5. The summed E-state index contributed by atoms with van der Waals surface area (Å²) in [7, 11) is -3.40. The van der Waals surface area contributed by atoms with E-state index in [2.05, 4.69) is 30.1 Å². The monoisotopic (exact) mass is 571 g/mol. The van der Waals surface area contributed by atoms with Crippen LogP contribution in [0.1, 0.15) is 12.5 Å². The van der Waals surface area contributed by atoms with Crippen LogP contribution in [0.25, 0.3) is 0 Å². The molecule has 4 rings (SSSR count). The van der Waals surface area contributed by atoms with Crippen molar-refractivity contribution in [2.24, 2.45) is 4.99 Å². The molecule has 0 bridgehead atoms. The number of sulfonamides is 1. The average Bonchev–Trinajstić information content (AvgIpc) is 3.24. The fraction of sp³-hybridized carbons (Fsp3) is 0.476. The molecule has 0 aliphatic carbocycles. The largest absolute Gasteiger partial charge is 0.357 e. The van der Waals surface area contributed by atoms with Gasteiger partial charge >= 0.3 is 0 Å². The summed E-state index contributed by atoms with van der Waals surface area (Å²) in [5.74, 6) is 1.49. The van der Waals surface area contributed by atoms with E-state index < -0.39 is 10.0 Å². The molecule has 32 heavy (non-hydrogen) atoms. The lowest BCUT2D eigenvalue weighted by Crippen LogP contribution is -2.53. The summed E-state index contributed by atoms with van der Waals surface area (Å²) in [5.41, 5.74) is 1.89. The summed E-state index contributed by atoms with van der Waals surface area (Å²) in [6.07, 6.45) is 4.26. The number of halogens is 1. The number of anilines is 2. The highest BCUT2D eigenvalue weighted by molar-refractivity contribution is 14.0. The topological polar surface area (TPSA) is 94.0 Å². The molecule has 0 radical (unpaired) electrons. The Morgan fingerprint density at radius 1 is 1.06 bits per heavy atom. The number of rotatable bonds is 6. The fourth-order valence-electron chi connectivity index (χ4n) is 3.97. The van der Waals surface area contributed by atoms with E-state index in [1.165, 1.54) is 4.31 Å². The van der Waals surface area contributed by atoms with Gasteiger partial charge in [0.2, 0.25) is 16.0 Å². The van der Waals surface area contributed by atoms with Crippen molar-refractivity contribution in [3.8, 4) is 0 Å². The SMILES string of the molecule is CCNC(=NCCS(=O)(=O)N1CCc2ccccc21)N1CCN(c2ncccn2)CC1.I. The molecule has 174 valence electrons. The first-order valence-corrected chi connectivity index (χ1v) is 12.3. The molecule has 1 saturated heterocycles. The van der Waals surface area contributed by atoms with Crippen LogP contribution in [0.5, 0.6) is 0 Å². The van der Waals surface area contributed by atoms with Crippen molar-refractivity contribution in [1.82, 2.24) is 20.2 Å². The summed E-state index contributed by atoms with van der Waals surface area (Å²) in [6, 6.07) is 9.51. The number of piperazine rings is 1. The maximum Gasteiger partial charge on any atom is 0.237 e. The summed E-state index contributed by atoms with van der Waals surface area (Å²) < 4.78 is 27.4. The zero-order valence-electron chi connectivity index (χ0n) is 18.2. The van der Waals surface area contributed by atoms with Crippen LogP contribution in [-0.2, 0) is 16.4 Å². The first-order chi connectivity index (χ1) is 15.1. The Morgan fingerprint density at radius 3 is 2.50 bits per heavy atom. The predicted molar refractivity (Wildman–Crippen MR) is 138 cm³/mol. The number of nitrogens with one attached hydrogen (secondary N) is 1. The van der Waals surface area contributed by atoms with Gasteiger partial charge in [-0.3, -0.25) is 9.30 Å². The fourth-order valence-corrected chi connectivity index (χ4v) is 5.36. The average molecular weight is 571 g/mol. The van der Waals surface area contributed by atoms with E-state index in [9.17, 15) is 8.42 Å². The number of para-hydroxylation sites is 1. The Morgan fingerprint density at radius 2 is 1.78 bits per heavy atom. The van der Waals surface area contributed by atoms with Crippen molar-refractivity contribution in [2.75, 3.05) is 60.8 Å². The molecule has 9 nitrogen and oxygen atoms in total. The van der Waals surface area contributed by atoms with E-state index in [0.717, 1.165) is 62.3 Å². The third-order valence-electron chi connectivity index (χ3n) is 5.54. The molecular weight excluding hydrogens is 541 g/mol. The van der Waals surface area contributed by atoms with Gasteiger partial charge in [-0.05, 0) is 31.0 Å². The molecule has 2 aliphatic rings. The number of benzene rings is 1. The number of aliphatic imine (C=N–C) groups is 1. The van der Waals surface area contributed by atoms with Crippen molar-refractivity contribution >= 4 is 51.6 Å². The predicted octanol–water partition coefficient (Wildman–Crippen LogP) is 1.57. The summed E-state index contributed by atoms with van der Waals surface area (Å²) in [4.78, 5) is 17.6. The van der Waals surface area contributed by atoms with Crippen LogP contribution in [-0.4, -0.2) is 80.8 Å². The summed E-state index contributed by atoms with van der Waals surface area (Å²) in [6.45, 7) is 6.61. The van der Waals surface area contributed by atoms with E-state index in [4.69, 9.17) is 0 Å². The van der Waals surface area contributed by atoms with Gasteiger partial charge in [0, 0.05) is 51.7 Å². The number of hydrogen-bond acceptors (Lipinski definition) is 6. The molecule has 0 unspecified atom stereocenters. The van der Waals surface area contributed by atoms with Crippen molar-refractivity contribution in [3.05, 3.63) is 48.3 Å². The minimum atomic E-state index is -3.40. The highest BCUT2D eigenvalue weighted by Crippen LogP contribution is 2.29. The minimum Gasteiger partial charge on any atom is -0.357 e. The van der Waals surface area contributed by atoms with Gasteiger partial charge in [-0.2, -0.15) is 0 Å². The third-order valence-corrected chi connectivity index (χ3v) is 7.29. The lowest BCUT2D eigenvalue weighted by atomic mass is 10.2. The molecule has 0 spiro atoms. The van der Waals surface area contributed by atoms with Crippen LogP contribution in [0.2, 0.25) is 0 Å². The van der Waals surface area contributed by atoms with Crippen molar-refractivity contribution in [2.45, 2.75) is 13.3 Å². The third kappa shape index (κ3) is 5.61. The molecule has 1 fully saturated rings. The molecule has 1 N–H and O–H groups in total. The van der Waals surface area contributed by atoms with Gasteiger partial charge in [0.1, 0.15) is 0 Å². The molecule has 2 aromatic rings. The molecule has 11 heteroatoms. The Hall–Kier alpha value is -2.15. The van der Waals surface area contributed by atoms with Gasteiger partial charge in [-0.1, -0.05) is 18.2 Å². The summed E-state index contributed by atoms with van der Waals surface area (Å²) in [5, 5.41) is 3.30. The number of aromatic nitrogens is 2. The van der Waals surface area contributed by atoms with Gasteiger partial charge in [0.25, 0.3) is 0 Å². The van der Waals surface area contributed by atoms with E-state index in [-0.39, 0.29) is 36.3 Å². The second-order valence-corrected chi connectivity index (χ2v) is 9.54. The Kier molecular flexibility index (Phi) is 8.51. The lowest BCUT2D eigenvalue weighted by Gasteiger charge is -2.36. The number of nitrogens with zero attached hydrogens (tertiary/aromatic N) is 6. The Balaban J connectivity index is 0.00000289. The van der Waals surface area contributed by atoms with Crippen LogP contribution < -0.4 is 14.5 Å². The van der Waals surface area contributed by atoms with Gasteiger partial charge in [-0.25, -0.2) is 18.4 Å². The van der Waals surface area contributed by atoms with Crippen LogP contribution in [0.15, 0.2) is 47.7 Å². The zero-order chi connectivity index (χ0) is 21.7. The minimum absolute atomic E-state index is 0. The van der Waals surface area contributed by atoms with Crippen LogP contribution >= 0.6 is 24.0 Å². The first-order valence-electron chi connectivity index (χ1n) is 10.7. The van der Waals surface area contributed by atoms with Crippen molar-refractivity contribution in [3.63, 3.8) is 0 Å². The van der Waals surface area contributed by atoms with Crippen LogP contribution in [0, 0.1) is 0 Å². The van der Waals surface area contributed by atoms with Gasteiger partial charge in [0.15, 0.2) is 5.96 Å². The van der Waals surface area contributed by atoms with E-state index in [1.54, 1.807) is 12.4 Å². The molecule has 0 atom stereocenters. The molecule has 0 saturated carbocycles. The number of fused-ring (bicyclic) bond motifs is 1. The Bertz CT molecular complexity index is 1010. The standard InChI is InChI=1S/C21H29N7O2S.HI/c1-2-22-20(26-13-15-27(16-14-26)21-23-9-5-10-24-21)25-11-17-31(29,30)28-12-8-18-6-3-4-7-19(18)28;/h3-7,9-10H,2,8,11-17H2,1H3,(H,22,25);1H. The first kappa shape index (κ1) is 24.5. The quantitative estimate of drug-likeness (QED) is 0.320. The smallest absolute Gasteiger partial charge is 0.237 e. The molecule has 2 aliphatic heterocycles. The molecule has 1 aromatic heterocycles. The van der Waals surface area contributed by atoms with Gasteiger partial charge in [-0.15, -0.1) is 24.0 Å². The molecule has 1 aromatic carbocycles. The van der Waals surface area contributed by atoms with Gasteiger partial charge < -0.3 is 15.1 Å². The molecule has 0 amide bonds. The Labute approximate surface area is 207 Å². The molecule has 3 heterocycles. The highest BCUT2D eigenvalue weighted by atomic mass is 127. The summed E-state index contributed by atoms with van der Waals surface area (Å²) >= 11 is 0. The van der Waals surface area contributed by atoms with E-state index >= 15 is 0 Å². The van der Waals surface area contributed by atoms with Crippen molar-refractivity contribution in [1.29, 1.82) is 0 Å². The van der Waals surface area contributed by atoms with Gasteiger partial charge in [0.05, 0.1) is 18.0 Å². The van der Waals surface area contributed by atoms with Crippen molar-refractivity contribution < 1.29 is 8.42 Å². The van der Waals surface area contributed by atoms with Crippen LogP contribution in [0.3, 0.4) is 0 Å². The maximum absolute atomic E-state index is 12.9. The van der Waals surface area contributed by atoms with E-state index in [0.29, 0.717) is 6.54 Å². The highest BCUT2D eigenvalue weighted by Gasteiger charge is 2.29. The van der Waals surface area contributed by atoms with Crippen LogP contribution in [0.4, 0.5) is 11.6 Å². The number of guanidine groups is 1. The maximum atomic E-state index is 12.9. The lowest BCUT2D eigenvalue weighted by molar-refractivity contribution is 0.370. The molecular formula is C21H30IN7O2S. The number of hydrogen-bond donors (Lipinski definition) is 1. The second-order valence-electron chi connectivity index (χ2n) is 7.53. The zero-order valence-corrected chi connectivity index (χ0v) is 21.4. The van der Waals surface area contributed by atoms with E-state index in [1.807, 2.05) is 37.3 Å².